The van der Waals surface area contributed by atoms with Crippen LogP contribution in [0, 0.1) is 5.82 Å². The van der Waals surface area contributed by atoms with Gasteiger partial charge in [0.25, 0.3) is 5.91 Å². The van der Waals surface area contributed by atoms with Gasteiger partial charge in [0.15, 0.2) is 0 Å². The predicted molar refractivity (Wildman–Crippen MR) is 53.6 cm³/mol. The third-order valence-corrected chi connectivity index (χ3v) is 2.44. The molecule has 76 valence electrons. The lowest BCUT2D eigenvalue weighted by atomic mass is 9.97. The molecule has 1 rings (SSSR count). The minimum Gasteiger partial charge on any atom is -0.366 e. The third-order valence-electron chi connectivity index (χ3n) is 2.44. The van der Waals surface area contributed by atoms with Crippen LogP contribution < -0.4 is 5.73 Å². The van der Waals surface area contributed by atoms with Crippen LogP contribution in [-0.2, 0) is 0 Å². The maximum absolute atomic E-state index is 13.3. The molecule has 0 aliphatic heterocycles. The van der Waals surface area contributed by atoms with Crippen molar-refractivity contribution in [2.24, 2.45) is 5.73 Å². The summed E-state index contributed by atoms with van der Waals surface area (Å²) in [4.78, 5) is 10.8. The summed E-state index contributed by atoms with van der Waals surface area (Å²) in [6, 6.07) is 4.57. The smallest absolute Gasteiger partial charge is 0.251 e. The zero-order valence-corrected chi connectivity index (χ0v) is 8.38. The van der Waals surface area contributed by atoms with Gasteiger partial charge in [-0.2, -0.15) is 0 Å². The van der Waals surface area contributed by atoms with Gasteiger partial charge in [0.05, 0.1) is 5.56 Å². The van der Waals surface area contributed by atoms with Crippen LogP contribution in [0.5, 0.6) is 0 Å². The van der Waals surface area contributed by atoms with Crippen LogP contribution in [0.4, 0.5) is 4.39 Å². The highest BCUT2D eigenvalue weighted by Gasteiger charge is 2.10. The first-order chi connectivity index (χ1) is 6.56. The zero-order valence-electron chi connectivity index (χ0n) is 8.38. The van der Waals surface area contributed by atoms with E-state index in [9.17, 15) is 9.18 Å². The Morgan fingerprint density at radius 3 is 2.64 bits per heavy atom. The van der Waals surface area contributed by atoms with E-state index in [0.29, 0.717) is 5.92 Å². The van der Waals surface area contributed by atoms with Gasteiger partial charge in [-0.15, -0.1) is 0 Å². The van der Waals surface area contributed by atoms with Crippen LogP contribution in [0.1, 0.15) is 42.1 Å². The monoisotopic (exact) mass is 195 g/mol. The molecule has 2 nitrogen and oxygen atoms in total. The van der Waals surface area contributed by atoms with E-state index in [-0.39, 0.29) is 5.56 Å². The number of hydrogen-bond donors (Lipinski definition) is 1. The van der Waals surface area contributed by atoms with Gasteiger partial charge >= 0.3 is 0 Å². The Bertz CT molecular complexity index is 349. The van der Waals surface area contributed by atoms with Crippen molar-refractivity contribution < 1.29 is 9.18 Å². The minimum atomic E-state index is -0.724. The van der Waals surface area contributed by atoms with Gasteiger partial charge in [0, 0.05) is 0 Å². The highest BCUT2D eigenvalue weighted by atomic mass is 19.1. The average molecular weight is 195 g/mol. The van der Waals surface area contributed by atoms with Crippen molar-refractivity contribution in [3.8, 4) is 0 Å². The van der Waals surface area contributed by atoms with Crippen molar-refractivity contribution in [1.82, 2.24) is 0 Å². The second-order valence-corrected chi connectivity index (χ2v) is 3.41. The molecule has 0 saturated carbocycles. The average Bonchev–Trinajstić information content (AvgIpc) is 2.15. The molecule has 0 aliphatic rings. The van der Waals surface area contributed by atoms with Gasteiger partial charge in [-0.1, -0.05) is 19.9 Å². The number of hydrogen-bond acceptors (Lipinski definition) is 1. The quantitative estimate of drug-likeness (QED) is 0.790. The van der Waals surface area contributed by atoms with Crippen LogP contribution in [0.3, 0.4) is 0 Å². The Morgan fingerprint density at radius 2 is 2.21 bits per heavy atom. The molecule has 0 heterocycles. The first-order valence-electron chi connectivity index (χ1n) is 4.65. The van der Waals surface area contributed by atoms with Crippen LogP contribution >= 0.6 is 0 Å². The second-order valence-electron chi connectivity index (χ2n) is 3.41. The first-order valence-corrected chi connectivity index (χ1v) is 4.65. The van der Waals surface area contributed by atoms with Crippen molar-refractivity contribution >= 4 is 5.91 Å². The molecule has 2 N–H and O–H groups in total. The number of primary amides is 1. The molecule has 3 heteroatoms. The van der Waals surface area contributed by atoms with Gasteiger partial charge in [-0.3, -0.25) is 4.79 Å². The molecule has 0 saturated heterocycles. The highest BCUT2D eigenvalue weighted by Crippen LogP contribution is 2.20. The molecule has 0 fully saturated rings. The molecular formula is C11H14FNO. The lowest BCUT2D eigenvalue weighted by molar-refractivity contribution is 0.0996. The van der Waals surface area contributed by atoms with Gasteiger partial charge in [0.2, 0.25) is 0 Å². The van der Waals surface area contributed by atoms with Crippen molar-refractivity contribution in [2.45, 2.75) is 26.2 Å². The summed E-state index contributed by atoms with van der Waals surface area (Å²) in [5.74, 6) is -0.958. The van der Waals surface area contributed by atoms with Gasteiger partial charge < -0.3 is 5.73 Å². The van der Waals surface area contributed by atoms with E-state index in [1.165, 1.54) is 12.1 Å². The molecule has 1 amide bonds. The van der Waals surface area contributed by atoms with Crippen molar-refractivity contribution in [1.29, 1.82) is 0 Å². The normalized spacial score (nSPS) is 12.5. The number of nitrogens with two attached hydrogens (primary N) is 1. The first kappa shape index (κ1) is 10.7. The summed E-state index contributed by atoms with van der Waals surface area (Å²) in [6.07, 6.45) is 0.940. The summed E-state index contributed by atoms with van der Waals surface area (Å²) in [6.45, 7) is 4.04. The summed E-state index contributed by atoms with van der Waals surface area (Å²) < 4.78 is 13.3. The van der Waals surface area contributed by atoms with Crippen molar-refractivity contribution in [2.75, 3.05) is 0 Å². The standard InChI is InChI=1S/C11H14FNO/c1-3-7(2)8-4-5-9(11(13)14)10(12)6-8/h4-7H,3H2,1-2H3,(H2,13,14). The molecule has 0 spiro atoms. The number of halogens is 1. The van der Waals surface area contributed by atoms with Crippen molar-refractivity contribution in [3.63, 3.8) is 0 Å². The lowest BCUT2D eigenvalue weighted by Gasteiger charge is -2.09. The maximum atomic E-state index is 13.3. The SMILES string of the molecule is CCC(C)c1ccc(C(N)=O)c(F)c1. The van der Waals surface area contributed by atoms with Crippen molar-refractivity contribution in [3.05, 3.63) is 35.1 Å². The topological polar surface area (TPSA) is 43.1 Å². The Balaban J connectivity index is 3.06. The Kier molecular flexibility index (Phi) is 3.23. The Morgan fingerprint density at radius 1 is 1.57 bits per heavy atom. The van der Waals surface area contributed by atoms with Crippen LogP contribution in [0.2, 0.25) is 0 Å². The van der Waals surface area contributed by atoms with Gasteiger partial charge in [0.1, 0.15) is 5.82 Å². The van der Waals surface area contributed by atoms with Gasteiger partial charge in [-0.05, 0) is 30.0 Å². The highest BCUT2D eigenvalue weighted by molar-refractivity contribution is 5.93. The van der Waals surface area contributed by atoms with Crippen LogP contribution in [0.15, 0.2) is 18.2 Å². The predicted octanol–water partition coefficient (Wildman–Crippen LogP) is 2.44. The molecule has 14 heavy (non-hydrogen) atoms. The van der Waals surface area contributed by atoms with Gasteiger partial charge in [-0.25, -0.2) is 4.39 Å². The number of amides is 1. The van der Waals surface area contributed by atoms with E-state index in [1.807, 2.05) is 13.8 Å². The number of rotatable bonds is 3. The maximum Gasteiger partial charge on any atom is 0.251 e. The molecule has 0 aliphatic carbocycles. The third kappa shape index (κ3) is 2.10. The van der Waals surface area contributed by atoms with E-state index in [2.05, 4.69) is 0 Å². The fourth-order valence-corrected chi connectivity index (χ4v) is 1.27. The second kappa shape index (κ2) is 4.22. The fraction of sp³-hybridized carbons (Fsp3) is 0.364. The number of carbonyl (C=O) groups is 1. The molecule has 1 aromatic carbocycles. The molecule has 0 aromatic heterocycles. The summed E-state index contributed by atoms with van der Waals surface area (Å²) >= 11 is 0. The molecule has 1 unspecified atom stereocenters. The molecule has 1 atom stereocenters. The number of benzene rings is 1. The molecule has 0 bridgehead atoms. The Hall–Kier alpha value is -1.38. The van der Waals surface area contributed by atoms with Crippen LogP contribution in [-0.4, -0.2) is 5.91 Å². The summed E-state index contributed by atoms with van der Waals surface area (Å²) in [7, 11) is 0. The van der Waals surface area contributed by atoms with E-state index in [0.717, 1.165) is 12.0 Å². The Labute approximate surface area is 82.9 Å². The fourth-order valence-electron chi connectivity index (χ4n) is 1.27. The van der Waals surface area contributed by atoms with E-state index in [1.54, 1.807) is 6.07 Å². The van der Waals surface area contributed by atoms with E-state index >= 15 is 0 Å². The van der Waals surface area contributed by atoms with E-state index < -0.39 is 11.7 Å². The summed E-state index contributed by atoms with van der Waals surface area (Å²) in [5, 5.41) is 0. The zero-order chi connectivity index (χ0) is 10.7. The molecule has 1 aromatic rings. The summed E-state index contributed by atoms with van der Waals surface area (Å²) in [5.41, 5.74) is 5.85. The molecule has 0 radical (unpaired) electrons. The minimum absolute atomic E-state index is 0.0444. The largest absolute Gasteiger partial charge is 0.366 e. The lowest BCUT2D eigenvalue weighted by Crippen LogP contribution is -2.13. The molecular weight excluding hydrogens is 181 g/mol. The number of carbonyl (C=O) groups excluding carboxylic acids is 1. The van der Waals surface area contributed by atoms with E-state index in [4.69, 9.17) is 5.73 Å². The van der Waals surface area contributed by atoms with Crippen LogP contribution in [0.25, 0.3) is 0 Å².